The lowest BCUT2D eigenvalue weighted by Gasteiger charge is -2.18. The highest BCUT2D eigenvalue weighted by molar-refractivity contribution is 6.16. The van der Waals surface area contributed by atoms with Gasteiger partial charge in [0.2, 0.25) is 0 Å². The Morgan fingerprint density at radius 3 is 2.55 bits per heavy atom. The van der Waals surface area contributed by atoms with Crippen LogP contribution < -0.4 is 0 Å². The Balaban J connectivity index is 1.71. The Morgan fingerprint density at radius 2 is 1.79 bits per heavy atom. The van der Waals surface area contributed by atoms with Gasteiger partial charge in [0.25, 0.3) is 0 Å². The van der Waals surface area contributed by atoms with Crippen LogP contribution >= 0.6 is 0 Å². The number of rotatable bonds is 4. The number of aryl methyl sites for hydroxylation is 3. The number of ketones is 1. The molecule has 5 heteroatoms. The van der Waals surface area contributed by atoms with Crippen molar-refractivity contribution in [2.24, 2.45) is 5.16 Å². The van der Waals surface area contributed by atoms with Gasteiger partial charge >= 0.3 is 5.97 Å². The monoisotopic (exact) mass is 438 g/mol. The molecule has 1 aliphatic rings. The fourth-order valence-electron chi connectivity index (χ4n) is 4.92. The second-order valence-corrected chi connectivity index (χ2v) is 8.62. The lowest BCUT2D eigenvalue weighted by Crippen LogP contribution is -2.13. The van der Waals surface area contributed by atoms with Crippen molar-refractivity contribution in [1.29, 1.82) is 0 Å². The Bertz CT molecular complexity index is 1460. The average Bonchev–Trinajstić information content (AvgIpc) is 3.13. The van der Waals surface area contributed by atoms with Gasteiger partial charge in [0.1, 0.15) is 0 Å². The quantitative estimate of drug-likeness (QED) is 0.224. The fourth-order valence-corrected chi connectivity index (χ4v) is 4.92. The van der Waals surface area contributed by atoms with Crippen LogP contribution in [0.25, 0.3) is 21.8 Å². The first-order chi connectivity index (χ1) is 16.0. The van der Waals surface area contributed by atoms with Crippen LogP contribution in [0.15, 0.2) is 59.8 Å². The number of hydrogen-bond acceptors (Lipinski definition) is 4. The van der Waals surface area contributed by atoms with E-state index in [1.54, 1.807) is 0 Å². The molecular formula is C28H26N2O3. The minimum absolute atomic E-state index is 0.0301. The number of fused-ring (bicyclic) bond motifs is 4. The van der Waals surface area contributed by atoms with Crippen molar-refractivity contribution in [3.8, 4) is 0 Å². The van der Waals surface area contributed by atoms with E-state index < -0.39 is 5.97 Å². The van der Waals surface area contributed by atoms with E-state index in [-0.39, 0.29) is 5.78 Å². The van der Waals surface area contributed by atoms with Crippen molar-refractivity contribution < 1.29 is 14.4 Å². The maximum absolute atomic E-state index is 13.3. The summed E-state index contributed by atoms with van der Waals surface area (Å²) in [6.45, 7) is 6.29. The van der Waals surface area contributed by atoms with Crippen molar-refractivity contribution in [2.45, 2.75) is 46.6 Å². The molecule has 4 aromatic rings. The van der Waals surface area contributed by atoms with E-state index in [9.17, 15) is 9.59 Å². The maximum atomic E-state index is 13.3. The molecule has 5 rings (SSSR count). The number of nitrogens with zero attached hydrogens (tertiary/aromatic N) is 2. The third-order valence-corrected chi connectivity index (χ3v) is 6.51. The standard InChI is InChI=1S/C28H26N2O3/c1-4-30-26-13-12-20(28(32)21-10-6-5-8-17(21)2)14-23(26)24-16-22-19(15-27(24)30)9-7-11-25(22)29-33-18(3)31/h5-6,8,10,12-16H,4,7,9,11H2,1-3H3/b29-25+. The minimum atomic E-state index is -0.419. The zero-order valence-corrected chi connectivity index (χ0v) is 19.1. The predicted molar refractivity (Wildman–Crippen MR) is 131 cm³/mol. The summed E-state index contributed by atoms with van der Waals surface area (Å²) in [6, 6.07) is 18.1. The Hall–Kier alpha value is -3.73. The molecule has 0 atom stereocenters. The molecule has 0 saturated heterocycles. The number of carbonyl (C=O) groups excluding carboxylic acids is 2. The van der Waals surface area contributed by atoms with Gasteiger partial charge in [0.15, 0.2) is 5.78 Å². The molecule has 0 aliphatic heterocycles. The van der Waals surface area contributed by atoms with Gasteiger partial charge in [-0.2, -0.15) is 0 Å². The summed E-state index contributed by atoms with van der Waals surface area (Å²) in [4.78, 5) is 29.6. The van der Waals surface area contributed by atoms with Gasteiger partial charge in [-0.25, -0.2) is 4.79 Å². The van der Waals surface area contributed by atoms with E-state index in [1.807, 2.05) is 43.3 Å². The Morgan fingerprint density at radius 1 is 1.00 bits per heavy atom. The highest BCUT2D eigenvalue weighted by atomic mass is 16.7. The lowest BCUT2D eigenvalue weighted by molar-refractivity contribution is -0.140. The number of aromatic nitrogens is 1. The molecule has 0 saturated carbocycles. The molecule has 3 aromatic carbocycles. The molecule has 0 bridgehead atoms. The Kier molecular flexibility index (Phi) is 5.33. The number of carbonyl (C=O) groups is 2. The normalized spacial score (nSPS) is 14.6. The fraction of sp³-hybridized carbons (Fsp3) is 0.250. The SMILES string of the molecule is CCn1c2ccc(C(=O)c3ccccc3C)cc2c2cc3c(cc21)CCC/C3=N\OC(C)=O. The average molecular weight is 439 g/mol. The summed E-state index contributed by atoms with van der Waals surface area (Å²) in [6.07, 6.45) is 2.71. The molecule has 33 heavy (non-hydrogen) atoms. The summed E-state index contributed by atoms with van der Waals surface area (Å²) in [5, 5.41) is 6.27. The molecule has 166 valence electrons. The largest absolute Gasteiger partial charge is 0.341 e. The third kappa shape index (κ3) is 3.63. The zero-order valence-electron chi connectivity index (χ0n) is 19.1. The molecule has 0 radical (unpaired) electrons. The summed E-state index contributed by atoms with van der Waals surface area (Å²) >= 11 is 0. The summed E-state index contributed by atoms with van der Waals surface area (Å²) in [5.41, 5.74) is 7.68. The Labute approximate surface area is 192 Å². The molecule has 0 fully saturated rings. The topological polar surface area (TPSA) is 60.7 Å². The highest BCUT2D eigenvalue weighted by Crippen LogP contribution is 2.35. The molecule has 5 nitrogen and oxygen atoms in total. The molecular weight excluding hydrogens is 412 g/mol. The molecule has 1 heterocycles. The zero-order chi connectivity index (χ0) is 23.1. The van der Waals surface area contributed by atoms with Crippen LogP contribution in [0.5, 0.6) is 0 Å². The second kappa shape index (κ2) is 8.32. The van der Waals surface area contributed by atoms with E-state index in [2.05, 4.69) is 34.8 Å². The van der Waals surface area contributed by atoms with Crippen LogP contribution in [0.1, 0.15) is 59.3 Å². The maximum Gasteiger partial charge on any atom is 0.331 e. The summed E-state index contributed by atoms with van der Waals surface area (Å²) in [5.74, 6) is -0.389. The first-order valence-electron chi connectivity index (χ1n) is 11.4. The van der Waals surface area contributed by atoms with Crippen molar-refractivity contribution >= 4 is 39.3 Å². The van der Waals surface area contributed by atoms with E-state index in [1.165, 1.54) is 12.5 Å². The first kappa shape index (κ1) is 21.1. The summed E-state index contributed by atoms with van der Waals surface area (Å²) < 4.78 is 2.30. The molecule has 0 N–H and O–H groups in total. The van der Waals surface area contributed by atoms with Crippen LogP contribution in [0.2, 0.25) is 0 Å². The third-order valence-electron chi connectivity index (χ3n) is 6.51. The molecule has 1 aliphatic carbocycles. The van der Waals surface area contributed by atoms with Crippen LogP contribution in [0.4, 0.5) is 0 Å². The number of benzene rings is 3. The smallest absolute Gasteiger partial charge is 0.331 e. The lowest BCUT2D eigenvalue weighted by atomic mass is 9.88. The molecule has 0 spiro atoms. The van der Waals surface area contributed by atoms with Gasteiger partial charge in [0.05, 0.1) is 5.71 Å². The van der Waals surface area contributed by atoms with Gasteiger partial charge in [-0.3, -0.25) is 4.79 Å². The van der Waals surface area contributed by atoms with Crippen LogP contribution in [-0.4, -0.2) is 22.0 Å². The first-order valence-corrected chi connectivity index (χ1v) is 11.4. The van der Waals surface area contributed by atoms with E-state index in [0.717, 1.165) is 70.0 Å². The van der Waals surface area contributed by atoms with Gasteiger partial charge in [-0.05, 0) is 74.6 Å². The van der Waals surface area contributed by atoms with Gasteiger partial charge in [0, 0.05) is 52.0 Å². The highest BCUT2D eigenvalue weighted by Gasteiger charge is 2.21. The van der Waals surface area contributed by atoms with Crippen molar-refractivity contribution in [3.63, 3.8) is 0 Å². The van der Waals surface area contributed by atoms with Gasteiger partial charge < -0.3 is 9.40 Å². The second-order valence-electron chi connectivity index (χ2n) is 8.62. The van der Waals surface area contributed by atoms with Crippen molar-refractivity contribution in [2.75, 3.05) is 0 Å². The molecule has 0 amide bonds. The van der Waals surface area contributed by atoms with Crippen molar-refractivity contribution in [1.82, 2.24) is 4.57 Å². The van der Waals surface area contributed by atoms with Crippen LogP contribution in [0.3, 0.4) is 0 Å². The summed E-state index contributed by atoms with van der Waals surface area (Å²) in [7, 11) is 0. The van der Waals surface area contributed by atoms with Crippen LogP contribution in [-0.2, 0) is 22.6 Å². The minimum Gasteiger partial charge on any atom is -0.341 e. The van der Waals surface area contributed by atoms with E-state index in [4.69, 9.17) is 4.84 Å². The molecule has 0 unspecified atom stereocenters. The van der Waals surface area contributed by atoms with Crippen molar-refractivity contribution in [3.05, 3.63) is 82.4 Å². The van der Waals surface area contributed by atoms with Gasteiger partial charge in [-0.15, -0.1) is 0 Å². The van der Waals surface area contributed by atoms with E-state index >= 15 is 0 Å². The van der Waals surface area contributed by atoms with Crippen LogP contribution in [0, 0.1) is 6.92 Å². The van der Waals surface area contributed by atoms with E-state index in [0.29, 0.717) is 5.56 Å². The number of oxime groups is 1. The number of hydrogen-bond donors (Lipinski definition) is 0. The predicted octanol–water partition coefficient (Wildman–Crippen LogP) is 5.96. The molecule has 1 aromatic heterocycles. The van der Waals surface area contributed by atoms with Gasteiger partial charge in [-0.1, -0.05) is 29.4 Å².